The van der Waals surface area contributed by atoms with Crippen LogP contribution in [-0.4, -0.2) is 26.1 Å². The summed E-state index contributed by atoms with van der Waals surface area (Å²) in [6.45, 7) is 1.15. The van der Waals surface area contributed by atoms with E-state index in [9.17, 15) is 9.18 Å². The summed E-state index contributed by atoms with van der Waals surface area (Å²) in [4.78, 5) is 11.6. The van der Waals surface area contributed by atoms with Crippen LogP contribution in [0.15, 0.2) is 18.2 Å². The first-order valence-electron chi connectivity index (χ1n) is 5.51. The molecule has 4 nitrogen and oxygen atoms in total. The van der Waals surface area contributed by atoms with Gasteiger partial charge in [0.1, 0.15) is 0 Å². The second kappa shape index (κ2) is 6.85. The number of halogens is 1. The minimum absolute atomic E-state index is 0.129. The van der Waals surface area contributed by atoms with Crippen molar-refractivity contribution in [2.45, 2.75) is 12.8 Å². The number of nitrogens with two attached hydrogens (primary N) is 1. The van der Waals surface area contributed by atoms with E-state index in [-0.39, 0.29) is 17.2 Å². The lowest BCUT2D eigenvalue weighted by Crippen LogP contribution is -2.25. The predicted molar refractivity (Wildman–Crippen MR) is 63.6 cm³/mol. The average Bonchev–Trinajstić information content (AvgIpc) is 2.34. The van der Waals surface area contributed by atoms with Crippen molar-refractivity contribution >= 4 is 5.91 Å². The van der Waals surface area contributed by atoms with E-state index in [4.69, 9.17) is 10.5 Å². The number of hydrogen-bond acceptors (Lipinski definition) is 3. The third-order valence-electron chi connectivity index (χ3n) is 2.33. The van der Waals surface area contributed by atoms with Gasteiger partial charge in [0.05, 0.1) is 7.11 Å². The normalized spacial score (nSPS) is 10.1. The molecule has 94 valence electrons. The number of nitrogens with one attached hydrogen (secondary N) is 1. The number of benzene rings is 1. The fourth-order valence-electron chi connectivity index (χ4n) is 1.38. The molecule has 0 heterocycles. The summed E-state index contributed by atoms with van der Waals surface area (Å²) in [5.74, 6) is -0.699. The van der Waals surface area contributed by atoms with Crippen molar-refractivity contribution in [3.63, 3.8) is 0 Å². The Morgan fingerprint density at radius 3 is 2.82 bits per heavy atom. The molecular weight excluding hydrogens is 223 g/mol. The highest BCUT2D eigenvalue weighted by Gasteiger charge is 2.09. The monoisotopic (exact) mass is 240 g/mol. The number of unbranched alkanes of at least 4 members (excludes halogenated alkanes) is 1. The molecular formula is C12H17FN2O2. The molecule has 0 aromatic heterocycles. The van der Waals surface area contributed by atoms with E-state index in [2.05, 4.69) is 5.32 Å². The summed E-state index contributed by atoms with van der Waals surface area (Å²) in [5.41, 5.74) is 5.62. The Labute approximate surface area is 100.0 Å². The quantitative estimate of drug-likeness (QED) is 0.737. The Hall–Kier alpha value is -1.62. The number of carbonyl (C=O) groups excluding carboxylic acids is 1. The number of amides is 1. The smallest absolute Gasteiger partial charge is 0.251 e. The zero-order valence-corrected chi connectivity index (χ0v) is 9.83. The fraction of sp³-hybridized carbons (Fsp3) is 0.417. The average molecular weight is 240 g/mol. The van der Waals surface area contributed by atoms with Gasteiger partial charge in [0.25, 0.3) is 5.91 Å². The molecule has 0 saturated carbocycles. The molecule has 1 rings (SSSR count). The number of carbonyl (C=O) groups is 1. The van der Waals surface area contributed by atoms with Crippen molar-refractivity contribution in [2.24, 2.45) is 5.73 Å². The maximum atomic E-state index is 13.3. The van der Waals surface area contributed by atoms with E-state index >= 15 is 0 Å². The van der Waals surface area contributed by atoms with E-state index in [0.29, 0.717) is 13.1 Å². The van der Waals surface area contributed by atoms with Crippen LogP contribution in [0, 0.1) is 5.82 Å². The third kappa shape index (κ3) is 4.03. The summed E-state index contributed by atoms with van der Waals surface area (Å²) in [5, 5.41) is 2.70. The highest BCUT2D eigenvalue weighted by molar-refractivity contribution is 5.94. The minimum atomic E-state index is -0.540. The SMILES string of the molecule is COc1ccc(C(=O)NCCCCN)cc1F. The zero-order valence-electron chi connectivity index (χ0n) is 9.83. The largest absolute Gasteiger partial charge is 0.494 e. The van der Waals surface area contributed by atoms with Gasteiger partial charge in [-0.1, -0.05) is 0 Å². The minimum Gasteiger partial charge on any atom is -0.494 e. The maximum absolute atomic E-state index is 13.3. The molecule has 0 aliphatic carbocycles. The Kier molecular flexibility index (Phi) is 5.42. The summed E-state index contributed by atoms with van der Waals surface area (Å²) in [6, 6.07) is 4.13. The molecule has 1 aromatic rings. The van der Waals surface area contributed by atoms with Crippen LogP contribution in [0.25, 0.3) is 0 Å². The van der Waals surface area contributed by atoms with Gasteiger partial charge in [0.15, 0.2) is 11.6 Å². The number of hydrogen-bond donors (Lipinski definition) is 2. The first-order valence-corrected chi connectivity index (χ1v) is 5.51. The first-order chi connectivity index (χ1) is 8.19. The van der Waals surface area contributed by atoms with Crippen LogP contribution in [-0.2, 0) is 0 Å². The molecule has 0 spiro atoms. The van der Waals surface area contributed by atoms with Crippen LogP contribution in [0.4, 0.5) is 4.39 Å². The lowest BCUT2D eigenvalue weighted by atomic mass is 10.2. The Morgan fingerprint density at radius 2 is 2.24 bits per heavy atom. The van der Waals surface area contributed by atoms with Crippen LogP contribution < -0.4 is 15.8 Å². The van der Waals surface area contributed by atoms with Crippen molar-refractivity contribution in [2.75, 3.05) is 20.2 Å². The maximum Gasteiger partial charge on any atom is 0.251 e. The number of methoxy groups -OCH3 is 1. The topological polar surface area (TPSA) is 64.3 Å². The summed E-state index contributed by atoms with van der Waals surface area (Å²) >= 11 is 0. The standard InChI is InChI=1S/C12H17FN2O2/c1-17-11-5-4-9(8-10(11)13)12(16)15-7-3-2-6-14/h4-5,8H,2-3,6-7,14H2,1H3,(H,15,16). The molecule has 0 fully saturated rings. The molecule has 3 N–H and O–H groups in total. The molecule has 5 heteroatoms. The predicted octanol–water partition coefficient (Wildman–Crippen LogP) is 1.30. The van der Waals surface area contributed by atoms with Crippen molar-refractivity contribution in [3.05, 3.63) is 29.6 Å². The molecule has 1 amide bonds. The third-order valence-corrected chi connectivity index (χ3v) is 2.33. The first kappa shape index (κ1) is 13.4. The number of rotatable bonds is 6. The second-order valence-electron chi connectivity index (χ2n) is 3.60. The Bertz CT molecular complexity index is 383. The molecule has 0 radical (unpaired) electrons. The van der Waals surface area contributed by atoms with Crippen LogP contribution in [0.3, 0.4) is 0 Å². The van der Waals surface area contributed by atoms with Crippen LogP contribution in [0.1, 0.15) is 23.2 Å². The van der Waals surface area contributed by atoms with E-state index in [1.165, 1.54) is 19.2 Å². The zero-order chi connectivity index (χ0) is 12.7. The fourth-order valence-corrected chi connectivity index (χ4v) is 1.38. The van der Waals surface area contributed by atoms with Crippen molar-refractivity contribution in [1.29, 1.82) is 0 Å². The molecule has 0 aliphatic heterocycles. The molecule has 0 bridgehead atoms. The molecule has 0 saturated heterocycles. The van der Waals surface area contributed by atoms with Crippen LogP contribution >= 0.6 is 0 Å². The van der Waals surface area contributed by atoms with Gasteiger partial charge < -0.3 is 15.8 Å². The molecule has 0 atom stereocenters. The lowest BCUT2D eigenvalue weighted by Gasteiger charge is -2.06. The molecule has 0 aliphatic rings. The van der Waals surface area contributed by atoms with Crippen molar-refractivity contribution < 1.29 is 13.9 Å². The molecule has 17 heavy (non-hydrogen) atoms. The van der Waals surface area contributed by atoms with E-state index in [1.807, 2.05) is 0 Å². The summed E-state index contributed by atoms with van der Waals surface area (Å²) < 4.78 is 18.1. The second-order valence-corrected chi connectivity index (χ2v) is 3.60. The van der Waals surface area contributed by atoms with Gasteiger partial charge in [-0.05, 0) is 37.6 Å². The molecule has 0 unspecified atom stereocenters. The summed E-state index contributed by atoms with van der Waals surface area (Å²) in [7, 11) is 1.38. The van der Waals surface area contributed by atoms with E-state index < -0.39 is 5.82 Å². The van der Waals surface area contributed by atoms with E-state index in [0.717, 1.165) is 18.9 Å². The number of ether oxygens (including phenoxy) is 1. The van der Waals surface area contributed by atoms with Gasteiger partial charge >= 0.3 is 0 Å². The van der Waals surface area contributed by atoms with Crippen molar-refractivity contribution in [1.82, 2.24) is 5.32 Å². The van der Waals surface area contributed by atoms with Gasteiger partial charge in [0, 0.05) is 12.1 Å². The van der Waals surface area contributed by atoms with Gasteiger partial charge in [0.2, 0.25) is 0 Å². The van der Waals surface area contributed by atoms with Gasteiger partial charge in [-0.3, -0.25) is 4.79 Å². The highest BCUT2D eigenvalue weighted by Crippen LogP contribution is 2.17. The molecule has 1 aromatic carbocycles. The van der Waals surface area contributed by atoms with Crippen molar-refractivity contribution in [3.8, 4) is 5.75 Å². The van der Waals surface area contributed by atoms with Gasteiger partial charge in [-0.15, -0.1) is 0 Å². The lowest BCUT2D eigenvalue weighted by molar-refractivity contribution is 0.0952. The van der Waals surface area contributed by atoms with Gasteiger partial charge in [-0.25, -0.2) is 4.39 Å². The van der Waals surface area contributed by atoms with Crippen LogP contribution in [0.2, 0.25) is 0 Å². The Balaban J connectivity index is 2.54. The Morgan fingerprint density at radius 1 is 1.47 bits per heavy atom. The van der Waals surface area contributed by atoms with E-state index in [1.54, 1.807) is 0 Å². The van der Waals surface area contributed by atoms with Crippen LogP contribution in [0.5, 0.6) is 5.75 Å². The van der Waals surface area contributed by atoms with Gasteiger partial charge in [-0.2, -0.15) is 0 Å². The highest BCUT2D eigenvalue weighted by atomic mass is 19.1. The summed E-state index contributed by atoms with van der Waals surface area (Å²) in [6.07, 6.45) is 1.68.